The van der Waals surface area contributed by atoms with Gasteiger partial charge in [0.2, 0.25) is 0 Å². The lowest BCUT2D eigenvalue weighted by molar-refractivity contribution is -0.411. The van der Waals surface area contributed by atoms with Crippen LogP contribution in [-0.2, 0) is 9.53 Å². The summed E-state index contributed by atoms with van der Waals surface area (Å²) in [5.74, 6) is -0.164. The van der Waals surface area contributed by atoms with Crippen LogP contribution in [0.1, 0.15) is 39.5 Å². The van der Waals surface area contributed by atoms with Gasteiger partial charge in [0.1, 0.15) is 0 Å². The molecule has 0 saturated heterocycles. The van der Waals surface area contributed by atoms with E-state index >= 15 is 0 Å². The fraction of sp³-hybridized carbons (Fsp3) is 0.900. The molecular weight excluding hydrogens is 180 g/mol. The molecule has 0 aromatic heterocycles. The highest BCUT2D eigenvalue weighted by atomic mass is 16.5. The first-order chi connectivity index (χ1) is 6.61. The van der Waals surface area contributed by atoms with E-state index in [1.807, 2.05) is 13.8 Å². The molecule has 0 heterocycles. The molecule has 0 rings (SSSR count). The largest absolute Gasteiger partial charge is 0.458 e. The summed E-state index contributed by atoms with van der Waals surface area (Å²) in [6.07, 6.45) is 3.75. The molecule has 0 spiro atoms. The van der Waals surface area contributed by atoms with Crippen molar-refractivity contribution in [3.63, 3.8) is 0 Å². The van der Waals surface area contributed by atoms with E-state index in [0.29, 0.717) is 0 Å². The minimum Gasteiger partial charge on any atom is -0.458 e. The topological polar surface area (TPSA) is 81.6 Å². The van der Waals surface area contributed by atoms with Gasteiger partial charge in [0.25, 0.3) is 0 Å². The number of rotatable bonds is 7. The Kier molecular flexibility index (Phi) is 7.42. The summed E-state index contributed by atoms with van der Waals surface area (Å²) in [5.41, 5.74) is 7.55. The summed E-state index contributed by atoms with van der Waals surface area (Å²) in [4.78, 5) is 11.4. The standard InChI is InChI=1S/C10H22N2O2/c1-3-8(2)14-10(13)9(12)6-4-5-7-11/h8-9H,3-7,11-12H2,1-2H3/p+2. The van der Waals surface area contributed by atoms with E-state index in [1.165, 1.54) is 0 Å². The molecule has 0 bridgehead atoms. The lowest BCUT2D eigenvalue weighted by Crippen LogP contribution is -2.65. The van der Waals surface area contributed by atoms with Crippen LogP contribution in [0.25, 0.3) is 0 Å². The normalized spacial score (nSPS) is 14.9. The maximum atomic E-state index is 11.4. The molecule has 0 aliphatic carbocycles. The monoisotopic (exact) mass is 204 g/mol. The third-order valence-electron chi connectivity index (χ3n) is 2.28. The number of quaternary nitrogens is 2. The lowest BCUT2D eigenvalue weighted by atomic mass is 10.1. The van der Waals surface area contributed by atoms with Crippen molar-refractivity contribution < 1.29 is 21.0 Å². The van der Waals surface area contributed by atoms with Crippen LogP contribution in [-0.4, -0.2) is 24.7 Å². The molecule has 0 fully saturated rings. The van der Waals surface area contributed by atoms with Crippen molar-refractivity contribution in [1.82, 2.24) is 0 Å². The van der Waals surface area contributed by atoms with Crippen molar-refractivity contribution >= 4 is 5.97 Å². The molecule has 0 aromatic carbocycles. The van der Waals surface area contributed by atoms with Gasteiger partial charge in [-0.15, -0.1) is 0 Å². The first-order valence-electron chi connectivity index (χ1n) is 5.44. The maximum absolute atomic E-state index is 11.4. The Balaban J connectivity index is 3.64. The van der Waals surface area contributed by atoms with Gasteiger partial charge in [0, 0.05) is 6.42 Å². The Hall–Kier alpha value is -0.610. The number of hydrogen-bond donors (Lipinski definition) is 2. The summed E-state index contributed by atoms with van der Waals surface area (Å²) in [5, 5.41) is 0. The van der Waals surface area contributed by atoms with Gasteiger partial charge < -0.3 is 16.2 Å². The van der Waals surface area contributed by atoms with Crippen LogP contribution in [0.2, 0.25) is 0 Å². The van der Waals surface area contributed by atoms with Crippen LogP contribution in [0.4, 0.5) is 0 Å². The Morgan fingerprint density at radius 2 is 2.07 bits per heavy atom. The van der Waals surface area contributed by atoms with E-state index < -0.39 is 0 Å². The molecule has 4 nitrogen and oxygen atoms in total. The van der Waals surface area contributed by atoms with Crippen LogP contribution >= 0.6 is 0 Å². The number of carbonyl (C=O) groups is 1. The van der Waals surface area contributed by atoms with E-state index in [4.69, 9.17) is 4.74 Å². The second kappa shape index (κ2) is 7.76. The number of ether oxygens (including phenoxy) is 1. The van der Waals surface area contributed by atoms with E-state index in [2.05, 4.69) is 11.5 Å². The maximum Gasteiger partial charge on any atom is 0.365 e. The second-order valence-electron chi connectivity index (χ2n) is 3.70. The Bertz CT molecular complexity index is 162. The van der Waals surface area contributed by atoms with Gasteiger partial charge in [0.05, 0.1) is 12.6 Å². The predicted molar refractivity (Wildman–Crippen MR) is 54.1 cm³/mol. The highest BCUT2D eigenvalue weighted by Gasteiger charge is 2.19. The lowest BCUT2D eigenvalue weighted by Gasteiger charge is -2.13. The average molecular weight is 204 g/mol. The number of unbranched alkanes of at least 4 members (excludes halogenated alkanes) is 1. The predicted octanol–water partition coefficient (Wildman–Crippen LogP) is -0.649. The summed E-state index contributed by atoms with van der Waals surface area (Å²) in [6, 6.07) is -0.212. The van der Waals surface area contributed by atoms with Crippen molar-refractivity contribution in [3.8, 4) is 0 Å². The van der Waals surface area contributed by atoms with Crippen molar-refractivity contribution in [2.45, 2.75) is 51.7 Å². The van der Waals surface area contributed by atoms with Crippen LogP contribution in [0.5, 0.6) is 0 Å². The third-order valence-corrected chi connectivity index (χ3v) is 2.28. The van der Waals surface area contributed by atoms with E-state index in [9.17, 15) is 4.79 Å². The molecule has 0 aliphatic rings. The first kappa shape index (κ1) is 13.4. The van der Waals surface area contributed by atoms with Gasteiger partial charge in [0.15, 0.2) is 6.04 Å². The fourth-order valence-corrected chi connectivity index (χ4v) is 1.06. The van der Waals surface area contributed by atoms with Crippen LogP contribution in [0, 0.1) is 0 Å². The van der Waals surface area contributed by atoms with Gasteiger partial charge in [-0.05, 0) is 26.2 Å². The van der Waals surface area contributed by atoms with Crippen molar-refractivity contribution in [2.75, 3.05) is 6.54 Å². The SMILES string of the molecule is CCC(C)OC(=O)C([NH3+])CCCC[NH3+]. The van der Waals surface area contributed by atoms with E-state index in [-0.39, 0.29) is 18.1 Å². The van der Waals surface area contributed by atoms with Gasteiger partial charge in [-0.1, -0.05) is 6.92 Å². The molecule has 0 aliphatic heterocycles. The highest BCUT2D eigenvalue weighted by Crippen LogP contribution is 2.02. The summed E-state index contributed by atoms with van der Waals surface area (Å²) >= 11 is 0. The molecule has 0 amide bonds. The van der Waals surface area contributed by atoms with Crippen LogP contribution in [0.15, 0.2) is 0 Å². The third kappa shape index (κ3) is 5.94. The van der Waals surface area contributed by atoms with Gasteiger partial charge >= 0.3 is 5.97 Å². The summed E-state index contributed by atoms with van der Waals surface area (Å²) in [6.45, 7) is 4.83. The Morgan fingerprint density at radius 1 is 1.43 bits per heavy atom. The smallest absolute Gasteiger partial charge is 0.365 e. The van der Waals surface area contributed by atoms with Crippen LogP contribution in [0.3, 0.4) is 0 Å². The number of esters is 1. The van der Waals surface area contributed by atoms with Crippen molar-refractivity contribution in [3.05, 3.63) is 0 Å². The van der Waals surface area contributed by atoms with Gasteiger partial charge in [-0.25, -0.2) is 4.79 Å². The Labute approximate surface area is 86.0 Å². The van der Waals surface area contributed by atoms with Crippen molar-refractivity contribution in [1.29, 1.82) is 0 Å². The molecule has 14 heavy (non-hydrogen) atoms. The van der Waals surface area contributed by atoms with Gasteiger partial charge in [-0.2, -0.15) is 0 Å². The van der Waals surface area contributed by atoms with E-state index in [1.54, 1.807) is 0 Å². The minimum atomic E-state index is -0.212. The average Bonchev–Trinajstić information content (AvgIpc) is 2.17. The summed E-state index contributed by atoms with van der Waals surface area (Å²) in [7, 11) is 0. The molecule has 0 radical (unpaired) electrons. The molecule has 0 saturated carbocycles. The second-order valence-corrected chi connectivity index (χ2v) is 3.70. The van der Waals surface area contributed by atoms with Crippen LogP contribution < -0.4 is 11.5 Å². The zero-order valence-electron chi connectivity index (χ0n) is 9.42. The fourth-order valence-electron chi connectivity index (χ4n) is 1.06. The Morgan fingerprint density at radius 3 is 2.57 bits per heavy atom. The molecule has 4 heteroatoms. The van der Waals surface area contributed by atoms with Crippen molar-refractivity contribution in [2.24, 2.45) is 0 Å². The number of hydrogen-bond acceptors (Lipinski definition) is 2. The molecule has 2 atom stereocenters. The molecule has 0 aromatic rings. The molecule has 6 N–H and O–H groups in total. The number of carbonyl (C=O) groups excluding carboxylic acids is 1. The zero-order chi connectivity index (χ0) is 11.0. The van der Waals surface area contributed by atoms with E-state index in [0.717, 1.165) is 32.2 Å². The highest BCUT2D eigenvalue weighted by molar-refractivity contribution is 5.74. The minimum absolute atomic E-state index is 0.0135. The zero-order valence-corrected chi connectivity index (χ0v) is 9.42. The first-order valence-corrected chi connectivity index (χ1v) is 5.44. The summed E-state index contributed by atoms with van der Waals surface area (Å²) < 4.78 is 5.17. The van der Waals surface area contributed by atoms with Gasteiger partial charge in [-0.3, -0.25) is 0 Å². The quantitative estimate of drug-likeness (QED) is 0.427. The molecular formula is C10H24N2O2+2. The molecule has 84 valence electrons. The molecule has 2 unspecified atom stereocenters.